The van der Waals surface area contributed by atoms with Gasteiger partial charge in [-0.2, -0.15) is 0 Å². The van der Waals surface area contributed by atoms with Crippen molar-refractivity contribution in [3.8, 4) is 0 Å². The molecule has 0 aromatic heterocycles. The van der Waals surface area contributed by atoms with E-state index in [0.29, 0.717) is 32.2 Å². The Hall–Kier alpha value is -1.88. The van der Waals surface area contributed by atoms with E-state index in [0.717, 1.165) is 50.5 Å². The number of allylic oxidation sites excluding steroid dienone is 5. The van der Waals surface area contributed by atoms with Crippen molar-refractivity contribution in [3.05, 3.63) is 34.6 Å². The average molecular weight is 524 g/mol. The van der Waals surface area contributed by atoms with Crippen molar-refractivity contribution >= 4 is 11.7 Å². The van der Waals surface area contributed by atoms with Crippen LogP contribution in [0.1, 0.15) is 93.4 Å². The van der Waals surface area contributed by atoms with Crippen molar-refractivity contribution in [3.63, 3.8) is 0 Å². The summed E-state index contributed by atoms with van der Waals surface area (Å²) in [6, 6.07) is 0. The van der Waals surface area contributed by atoms with Crippen LogP contribution in [0.5, 0.6) is 0 Å². The van der Waals surface area contributed by atoms with E-state index >= 15 is 0 Å². The number of hydrogen-bond donors (Lipinski definition) is 1. The van der Waals surface area contributed by atoms with Gasteiger partial charge < -0.3 is 14.7 Å². The normalized spacial score (nSPS) is 42.0. The molecule has 7 atom stereocenters. The zero-order valence-corrected chi connectivity index (χ0v) is 24.8. The molecule has 5 rings (SSSR count). The van der Waals surface area contributed by atoms with Crippen LogP contribution in [0.4, 0.5) is 0 Å². The molecule has 0 aromatic rings. The van der Waals surface area contributed by atoms with Crippen LogP contribution in [0.2, 0.25) is 0 Å². The van der Waals surface area contributed by atoms with Gasteiger partial charge in [-0.15, -0.1) is 0 Å². The molecule has 1 N–H and O–H groups in total. The first-order valence-electron chi connectivity index (χ1n) is 15.1. The fourth-order valence-corrected chi connectivity index (χ4v) is 9.55. The van der Waals surface area contributed by atoms with Gasteiger partial charge in [0.1, 0.15) is 0 Å². The number of fused-ring (bicyclic) bond motifs is 5. The molecule has 1 heterocycles. The highest BCUT2D eigenvalue weighted by Crippen LogP contribution is 2.74. The third-order valence-corrected chi connectivity index (χ3v) is 12.5. The molecule has 2 unspecified atom stereocenters. The number of ketones is 1. The number of rotatable bonds is 4. The first-order valence-corrected chi connectivity index (χ1v) is 15.1. The molecular weight excluding hydrogens is 474 g/mol. The monoisotopic (exact) mass is 523 g/mol. The van der Waals surface area contributed by atoms with Crippen molar-refractivity contribution in [2.24, 2.45) is 39.4 Å². The molecule has 0 radical (unpaired) electrons. The fraction of sp³-hybridized carbons (Fsp3) is 0.758. The van der Waals surface area contributed by atoms with Crippen molar-refractivity contribution in [2.75, 3.05) is 26.3 Å². The van der Waals surface area contributed by atoms with E-state index in [4.69, 9.17) is 4.74 Å². The van der Waals surface area contributed by atoms with Crippen LogP contribution in [-0.4, -0.2) is 48.0 Å². The molecular formula is C33H49NO4. The number of morpholine rings is 1. The van der Waals surface area contributed by atoms with Crippen LogP contribution in [-0.2, 0) is 14.3 Å². The highest BCUT2D eigenvalue weighted by Gasteiger charge is 2.65. The predicted molar refractivity (Wildman–Crippen MR) is 150 cm³/mol. The van der Waals surface area contributed by atoms with Crippen molar-refractivity contribution in [1.82, 2.24) is 4.90 Å². The lowest BCUT2D eigenvalue weighted by molar-refractivity contribution is -0.150. The molecule has 5 heteroatoms. The summed E-state index contributed by atoms with van der Waals surface area (Å²) in [6.07, 6.45) is 11.6. The maximum absolute atomic E-state index is 13.5. The Kier molecular flexibility index (Phi) is 6.81. The Balaban J connectivity index is 1.52. The maximum Gasteiger partial charge on any atom is 0.225 e. The summed E-state index contributed by atoms with van der Waals surface area (Å²) in [5, 5.41) is 10.4. The Morgan fingerprint density at radius 2 is 1.82 bits per heavy atom. The molecule has 5 nitrogen and oxygen atoms in total. The lowest BCUT2D eigenvalue weighted by Crippen LogP contribution is -2.60. The van der Waals surface area contributed by atoms with E-state index in [-0.39, 0.29) is 50.9 Å². The summed E-state index contributed by atoms with van der Waals surface area (Å²) >= 11 is 0. The predicted octanol–water partition coefficient (Wildman–Crippen LogP) is 6.80. The minimum absolute atomic E-state index is 0.00406. The largest absolute Gasteiger partial charge is 0.504 e. The molecule has 210 valence electrons. The molecule has 2 saturated carbocycles. The fourth-order valence-electron chi connectivity index (χ4n) is 9.55. The second-order valence-corrected chi connectivity index (χ2v) is 14.1. The Labute approximate surface area is 229 Å². The third kappa shape index (κ3) is 3.81. The highest BCUT2D eigenvalue weighted by atomic mass is 16.5. The summed E-state index contributed by atoms with van der Waals surface area (Å²) in [4.78, 5) is 28.3. The van der Waals surface area contributed by atoms with E-state index in [2.05, 4.69) is 47.6 Å². The number of aliphatic hydroxyl groups excluding tert-OH is 1. The first-order chi connectivity index (χ1) is 17.8. The quantitative estimate of drug-likeness (QED) is 0.412. The van der Waals surface area contributed by atoms with Gasteiger partial charge in [0.2, 0.25) is 11.7 Å². The number of carbonyl (C=O) groups excluding carboxylic acids is 2. The van der Waals surface area contributed by atoms with E-state index < -0.39 is 0 Å². The summed E-state index contributed by atoms with van der Waals surface area (Å²) in [5.74, 6) is 0.564. The Bertz CT molecular complexity index is 1110. The van der Waals surface area contributed by atoms with Gasteiger partial charge in [-0.05, 0) is 84.8 Å². The molecule has 5 aliphatic rings. The molecule has 1 saturated heterocycles. The molecule has 1 aliphatic heterocycles. The van der Waals surface area contributed by atoms with Gasteiger partial charge in [0.25, 0.3) is 0 Å². The lowest BCUT2D eigenvalue weighted by Gasteiger charge is -2.69. The molecule has 38 heavy (non-hydrogen) atoms. The van der Waals surface area contributed by atoms with Crippen molar-refractivity contribution in [1.29, 1.82) is 0 Å². The van der Waals surface area contributed by atoms with Crippen LogP contribution in [0, 0.1) is 39.4 Å². The van der Waals surface area contributed by atoms with E-state index in [1.165, 1.54) is 11.1 Å². The number of nitrogens with zero attached hydrogens (tertiary/aromatic N) is 1. The zero-order chi connectivity index (χ0) is 27.7. The SMILES string of the molecule is CC[C@]1(C)CC[C@]2(C)C3=CCC4C(=CC(=O)C(O)=C4C)[C@]3(C)CCC2(C)[C@@H]1C[C@H](C)C(=O)N1CCOCC1. The van der Waals surface area contributed by atoms with E-state index in [1.54, 1.807) is 6.08 Å². The molecule has 0 spiro atoms. The smallest absolute Gasteiger partial charge is 0.225 e. The lowest BCUT2D eigenvalue weighted by atomic mass is 9.35. The van der Waals surface area contributed by atoms with Crippen molar-refractivity contribution in [2.45, 2.75) is 93.4 Å². The first kappa shape index (κ1) is 27.7. The molecule has 4 aliphatic carbocycles. The van der Waals surface area contributed by atoms with Crippen LogP contribution in [0.3, 0.4) is 0 Å². The van der Waals surface area contributed by atoms with Gasteiger partial charge in [-0.1, -0.05) is 59.6 Å². The number of carbonyl (C=O) groups is 2. The standard InChI is InChI=1S/C33H49NO4/c1-8-30(4)11-13-32(6)26-10-9-23-22(3)28(36)25(35)20-24(23)31(26,5)12-14-33(32,7)27(30)19-21(2)29(37)34-15-17-38-18-16-34/h10,20-21,23,27,36H,8-9,11-19H2,1-7H3/t21-,23?,27+,30+,31-,32+,33?/m0/s1. The number of ether oxygens (including phenoxy) is 1. The summed E-state index contributed by atoms with van der Waals surface area (Å²) in [7, 11) is 0. The van der Waals surface area contributed by atoms with Gasteiger partial charge in [0, 0.05) is 30.3 Å². The summed E-state index contributed by atoms with van der Waals surface area (Å²) < 4.78 is 5.50. The minimum Gasteiger partial charge on any atom is -0.504 e. The molecule has 1 amide bonds. The number of amides is 1. The van der Waals surface area contributed by atoms with Crippen LogP contribution in [0.25, 0.3) is 0 Å². The minimum atomic E-state index is -0.231. The van der Waals surface area contributed by atoms with Crippen molar-refractivity contribution < 1.29 is 19.4 Å². The molecule has 0 bridgehead atoms. The van der Waals surface area contributed by atoms with Gasteiger partial charge >= 0.3 is 0 Å². The maximum atomic E-state index is 13.5. The summed E-state index contributed by atoms with van der Waals surface area (Å²) in [5.41, 5.74) is 3.68. The summed E-state index contributed by atoms with van der Waals surface area (Å²) in [6.45, 7) is 19.0. The second-order valence-electron chi connectivity index (χ2n) is 14.1. The average Bonchev–Trinajstić information content (AvgIpc) is 2.91. The van der Waals surface area contributed by atoms with E-state index in [9.17, 15) is 14.7 Å². The van der Waals surface area contributed by atoms with Gasteiger partial charge in [0.15, 0.2) is 5.76 Å². The topological polar surface area (TPSA) is 66.8 Å². The second kappa shape index (κ2) is 9.35. The van der Waals surface area contributed by atoms with Crippen LogP contribution >= 0.6 is 0 Å². The van der Waals surface area contributed by atoms with Gasteiger partial charge in [0.05, 0.1) is 13.2 Å². The molecule has 0 aromatic carbocycles. The van der Waals surface area contributed by atoms with Gasteiger partial charge in [-0.25, -0.2) is 0 Å². The zero-order valence-electron chi connectivity index (χ0n) is 24.8. The van der Waals surface area contributed by atoms with Gasteiger partial charge in [-0.3, -0.25) is 9.59 Å². The number of hydrogen-bond acceptors (Lipinski definition) is 4. The van der Waals surface area contributed by atoms with Crippen LogP contribution < -0.4 is 0 Å². The Morgan fingerprint density at radius 3 is 2.47 bits per heavy atom. The Morgan fingerprint density at radius 1 is 1.13 bits per heavy atom. The third-order valence-electron chi connectivity index (χ3n) is 12.5. The highest BCUT2D eigenvalue weighted by molar-refractivity contribution is 6.04. The number of aliphatic hydroxyl groups is 1. The van der Waals surface area contributed by atoms with Crippen LogP contribution in [0.15, 0.2) is 34.6 Å². The molecule has 3 fully saturated rings. The van der Waals surface area contributed by atoms with E-state index in [1.807, 2.05) is 11.8 Å².